The molecule has 4 nitrogen and oxygen atoms in total. The molecule has 1 heterocycles. The first-order valence-electron chi connectivity index (χ1n) is 8.69. The molecule has 0 atom stereocenters. The smallest absolute Gasteiger partial charge is 0.232 e. The van der Waals surface area contributed by atoms with Crippen LogP contribution in [0.1, 0.15) is 17.0 Å². The number of nitrogens with zero attached hydrogens (tertiary/aromatic N) is 3. The number of halogens is 1. The standard InChI is InChI=1S/C21H22ClN3OS/c1-15-18(16(2)25(23-15)17-9-5-4-6-10-17)13-24(3)21(26)14-27-20-12-8-7-11-19(20)22/h4-12H,13-14H2,1-3H3. The zero-order chi connectivity index (χ0) is 19.4. The van der Waals surface area contributed by atoms with Gasteiger partial charge in [0.05, 0.1) is 22.2 Å². The number of thioether (sulfide) groups is 1. The quantitative estimate of drug-likeness (QED) is 0.553. The molecule has 27 heavy (non-hydrogen) atoms. The van der Waals surface area contributed by atoms with Crippen LogP contribution in [0.5, 0.6) is 0 Å². The van der Waals surface area contributed by atoms with E-state index in [0.29, 0.717) is 17.3 Å². The maximum atomic E-state index is 12.6. The number of aromatic nitrogens is 2. The zero-order valence-electron chi connectivity index (χ0n) is 15.6. The van der Waals surface area contributed by atoms with Gasteiger partial charge in [0.25, 0.3) is 0 Å². The summed E-state index contributed by atoms with van der Waals surface area (Å²) in [4.78, 5) is 15.2. The molecule has 0 N–H and O–H groups in total. The highest BCUT2D eigenvalue weighted by molar-refractivity contribution is 8.00. The Labute approximate surface area is 169 Å². The van der Waals surface area contributed by atoms with Crippen molar-refractivity contribution in [3.63, 3.8) is 0 Å². The summed E-state index contributed by atoms with van der Waals surface area (Å²) in [6, 6.07) is 17.6. The van der Waals surface area contributed by atoms with Crippen molar-refractivity contribution < 1.29 is 4.79 Å². The van der Waals surface area contributed by atoms with E-state index in [9.17, 15) is 4.79 Å². The number of para-hydroxylation sites is 1. The van der Waals surface area contributed by atoms with Gasteiger partial charge in [0, 0.05) is 29.7 Å². The van der Waals surface area contributed by atoms with Gasteiger partial charge in [0.2, 0.25) is 5.91 Å². The fourth-order valence-corrected chi connectivity index (χ4v) is 4.04. The van der Waals surface area contributed by atoms with E-state index in [1.807, 2.05) is 80.2 Å². The Bertz CT molecular complexity index is 940. The van der Waals surface area contributed by atoms with Gasteiger partial charge in [-0.3, -0.25) is 4.79 Å². The molecule has 6 heteroatoms. The summed E-state index contributed by atoms with van der Waals surface area (Å²) in [5.41, 5.74) is 4.09. The lowest BCUT2D eigenvalue weighted by atomic mass is 10.2. The van der Waals surface area contributed by atoms with Gasteiger partial charge >= 0.3 is 0 Å². The Morgan fingerprint density at radius 1 is 1.11 bits per heavy atom. The second-order valence-electron chi connectivity index (χ2n) is 6.37. The van der Waals surface area contributed by atoms with Gasteiger partial charge in [-0.1, -0.05) is 41.9 Å². The van der Waals surface area contributed by atoms with Crippen molar-refractivity contribution in [1.29, 1.82) is 0 Å². The minimum absolute atomic E-state index is 0.0613. The molecule has 0 bridgehead atoms. The van der Waals surface area contributed by atoms with E-state index in [1.54, 1.807) is 4.90 Å². The highest BCUT2D eigenvalue weighted by atomic mass is 35.5. The summed E-state index contributed by atoms with van der Waals surface area (Å²) in [5, 5.41) is 5.33. The van der Waals surface area contributed by atoms with Crippen LogP contribution in [0.2, 0.25) is 5.02 Å². The molecular formula is C21H22ClN3OS. The van der Waals surface area contributed by atoms with Crippen molar-refractivity contribution in [2.24, 2.45) is 0 Å². The lowest BCUT2D eigenvalue weighted by Gasteiger charge is -2.17. The Morgan fingerprint density at radius 3 is 2.48 bits per heavy atom. The minimum Gasteiger partial charge on any atom is -0.341 e. The molecule has 2 aromatic carbocycles. The Kier molecular flexibility index (Phi) is 6.24. The fraction of sp³-hybridized carbons (Fsp3) is 0.238. The Balaban J connectivity index is 1.69. The van der Waals surface area contributed by atoms with Crippen molar-refractivity contribution in [3.8, 4) is 5.69 Å². The summed E-state index contributed by atoms with van der Waals surface area (Å²) in [7, 11) is 1.83. The lowest BCUT2D eigenvalue weighted by Crippen LogP contribution is -2.28. The SMILES string of the molecule is Cc1nn(-c2ccccc2)c(C)c1CN(C)C(=O)CSc1ccccc1Cl. The van der Waals surface area contributed by atoms with Gasteiger partial charge in [0.15, 0.2) is 0 Å². The molecule has 0 aliphatic carbocycles. The zero-order valence-corrected chi connectivity index (χ0v) is 17.2. The topological polar surface area (TPSA) is 38.1 Å². The number of rotatable bonds is 6. The first-order valence-corrected chi connectivity index (χ1v) is 10.1. The Hall–Kier alpha value is -2.24. The lowest BCUT2D eigenvalue weighted by molar-refractivity contribution is -0.127. The number of benzene rings is 2. The van der Waals surface area contributed by atoms with Crippen LogP contribution in [0, 0.1) is 13.8 Å². The summed E-state index contributed by atoms with van der Waals surface area (Å²) >= 11 is 7.62. The molecule has 0 aliphatic heterocycles. The van der Waals surface area contributed by atoms with Crippen molar-refractivity contribution in [2.75, 3.05) is 12.8 Å². The second-order valence-corrected chi connectivity index (χ2v) is 7.79. The molecule has 140 valence electrons. The third kappa shape index (κ3) is 4.54. The highest BCUT2D eigenvalue weighted by Gasteiger charge is 2.17. The van der Waals surface area contributed by atoms with Crippen LogP contribution in [0.4, 0.5) is 0 Å². The number of hydrogen-bond acceptors (Lipinski definition) is 3. The monoisotopic (exact) mass is 399 g/mol. The van der Waals surface area contributed by atoms with E-state index in [0.717, 1.165) is 27.5 Å². The third-order valence-electron chi connectivity index (χ3n) is 4.45. The predicted octanol–water partition coefficient (Wildman–Crippen LogP) is 4.89. The molecule has 0 aliphatic rings. The number of aryl methyl sites for hydroxylation is 1. The van der Waals surface area contributed by atoms with Crippen LogP contribution < -0.4 is 0 Å². The number of hydrogen-bond donors (Lipinski definition) is 0. The van der Waals surface area contributed by atoms with Crippen LogP contribution in [0.3, 0.4) is 0 Å². The largest absolute Gasteiger partial charge is 0.341 e. The molecule has 0 saturated carbocycles. The molecule has 3 rings (SSSR count). The summed E-state index contributed by atoms with van der Waals surface area (Å²) in [5.74, 6) is 0.414. The number of carbonyl (C=O) groups excluding carboxylic acids is 1. The molecule has 0 saturated heterocycles. The fourth-order valence-electron chi connectivity index (χ4n) is 2.86. The van der Waals surface area contributed by atoms with Crippen molar-refractivity contribution in [2.45, 2.75) is 25.3 Å². The maximum absolute atomic E-state index is 12.6. The van der Waals surface area contributed by atoms with Gasteiger partial charge in [-0.05, 0) is 38.1 Å². The third-order valence-corrected chi connectivity index (χ3v) is 5.95. The first-order chi connectivity index (χ1) is 13.0. The van der Waals surface area contributed by atoms with Gasteiger partial charge in [-0.25, -0.2) is 4.68 Å². The normalized spacial score (nSPS) is 10.8. The maximum Gasteiger partial charge on any atom is 0.232 e. The highest BCUT2D eigenvalue weighted by Crippen LogP contribution is 2.27. The first kappa shape index (κ1) is 19.5. The number of carbonyl (C=O) groups is 1. The van der Waals surface area contributed by atoms with Crippen molar-refractivity contribution in [1.82, 2.24) is 14.7 Å². The van der Waals surface area contributed by atoms with E-state index in [4.69, 9.17) is 11.6 Å². The van der Waals surface area contributed by atoms with Crippen LogP contribution in [0.15, 0.2) is 59.5 Å². The van der Waals surface area contributed by atoms with Crippen molar-refractivity contribution >= 4 is 29.3 Å². The predicted molar refractivity (Wildman–Crippen MR) is 112 cm³/mol. The van der Waals surface area contributed by atoms with Gasteiger partial charge in [-0.2, -0.15) is 5.10 Å². The minimum atomic E-state index is 0.0613. The van der Waals surface area contributed by atoms with Gasteiger partial charge in [-0.15, -0.1) is 11.8 Å². The van der Waals surface area contributed by atoms with Crippen molar-refractivity contribution in [3.05, 3.63) is 76.6 Å². The second kappa shape index (κ2) is 8.63. The Morgan fingerprint density at radius 2 is 1.78 bits per heavy atom. The van der Waals surface area contributed by atoms with Crippen LogP contribution >= 0.6 is 23.4 Å². The van der Waals surface area contributed by atoms with Crippen LogP contribution in [0.25, 0.3) is 5.69 Å². The van der Waals surface area contributed by atoms with E-state index in [-0.39, 0.29) is 5.91 Å². The molecular weight excluding hydrogens is 378 g/mol. The summed E-state index contributed by atoms with van der Waals surface area (Å²) in [6.07, 6.45) is 0. The average Bonchev–Trinajstić information content (AvgIpc) is 2.96. The van der Waals surface area contributed by atoms with Gasteiger partial charge in [0.1, 0.15) is 0 Å². The molecule has 0 fully saturated rings. The van der Waals surface area contributed by atoms with Gasteiger partial charge < -0.3 is 4.90 Å². The average molecular weight is 400 g/mol. The number of amides is 1. The van der Waals surface area contributed by atoms with Crippen LogP contribution in [-0.4, -0.2) is 33.4 Å². The van der Waals surface area contributed by atoms with E-state index in [2.05, 4.69) is 5.10 Å². The molecule has 1 aromatic heterocycles. The van der Waals surface area contributed by atoms with E-state index < -0.39 is 0 Å². The van der Waals surface area contributed by atoms with E-state index >= 15 is 0 Å². The molecule has 0 radical (unpaired) electrons. The summed E-state index contributed by atoms with van der Waals surface area (Å²) in [6.45, 7) is 4.56. The molecule has 1 amide bonds. The molecule has 0 unspecified atom stereocenters. The van der Waals surface area contributed by atoms with Crippen LogP contribution in [-0.2, 0) is 11.3 Å². The summed E-state index contributed by atoms with van der Waals surface area (Å²) < 4.78 is 1.93. The molecule has 0 spiro atoms. The van der Waals surface area contributed by atoms with E-state index in [1.165, 1.54) is 11.8 Å². The molecule has 3 aromatic rings.